The number of amides is 1. The first-order chi connectivity index (χ1) is 11.6. The highest BCUT2D eigenvalue weighted by Gasteiger charge is 2.34. The van der Waals surface area contributed by atoms with Gasteiger partial charge in [-0.05, 0) is 25.8 Å². The molecule has 25 heavy (non-hydrogen) atoms. The number of sulfonamides is 1. The highest BCUT2D eigenvalue weighted by Crippen LogP contribution is 2.29. The minimum absolute atomic E-state index is 0.0257. The van der Waals surface area contributed by atoms with Crippen molar-refractivity contribution >= 4 is 21.6 Å². The molecule has 0 spiro atoms. The monoisotopic (exact) mass is 369 g/mol. The third kappa shape index (κ3) is 4.55. The summed E-state index contributed by atoms with van der Waals surface area (Å²) in [7, 11) is -3.46. The molecular formula is C16H23N3O5S. The molecule has 1 amide bonds. The smallest absolute Gasteiger partial charge is 0.269 e. The number of hydrogen-bond acceptors (Lipinski definition) is 5. The molecule has 1 aliphatic rings. The maximum absolute atomic E-state index is 12.3. The van der Waals surface area contributed by atoms with Crippen molar-refractivity contribution in [3.05, 3.63) is 39.9 Å². The molecule has 0 saturated carbocycles. The van der Waals surface area contributed by atoms with Gasteiger partial charge in [0.25, 0.3) is 5.69 Å². The predicted molar refractivity (Wildman–Crippen MR) is 93.7 cm³/mol. The van der Waals surface area contributed by atoms with Gasteiger partial charge in [0.2, 0.25) is 15.9 Å². The van der Waals surface area contributed by atoms with Gasteiger partial charge in [-0.25, -0.2) is 13.1 Å². The van der Waals surface area contributed by atoms with Crippen LogP contribution in [0.4, 0.5) is 5.69 Å². The number of piperidine rings is 1. The Morgan fingerprint density at radius 1 is 1.32 bits per heavy atom. The summed E-state index contributed by atoms with van der Waals surface area (Å²) in [6, 6.07) is 5.70. The molecule has 2 atom stereocenters. The summed E-state index contributed by atoms with van der Waals surface area (Å²) < 4.78 is 27.2. The number of rotatable bonds is 5. The molecule has 0 aliphatic carbocycles. The van der Waals surface area contributed by atoms with Crippen LogP contribution < -0.4 is 4.72 Å². The third-order valence-electron chi connectivity index (χ3n) is 4.53. The Kier molecular flexibility index (Phi) is 5.79. The van der Waals surface area contributed by atoms with E-state index < -0.39 is 20.2 Å². The Bertz CT molecular complexity index is 746. The summed E-state index contributed by atoms with van der Waals surface area (Å²) >= 11 is 0. The van der Waals surface area contributed by atoms with Crippen LogP contribution in [0.25, 0.3) is 0 Å². The average molecular weight is 369 g/mol. The number of likely N-dealkylation sites (tertiary alicyclic amines) is 1. The second-order valence-electron chi connectivity index (χ2n) is 6.53. The van der Waals surface area contributed by atoms with E-state index in [1.807, 2.05) is 0 Å². The van der Waals surface area contributed by atoms with Crippen LogP contribution in [0.1, 0.15) is 38.7 Å². The van der Waals surface area contributed by atoms with Gasteiger partial charge in [0.05, 0.1) is 10.2 Å². The zero-order valence-corrected chi connectivity index (χ0v) is 15.3. The van der Waals surface area contributed by atoms with Crippen LogP contribution in [0.3, 0.4) is 0 Å². The van der Waals surface area contributed by atoms with Crippen molar-refractivity contribution < 1.29 is 18.1 Å². The van der Waals surface area contributed by atoms with Gasteiger partial charge >= 0.3 is 0 Å². The molecule has 1 N–H and O–H groups in total. The van der Waals surface area contributed by atoms with Crippen LogP contribution in [-0.2, 0) is 14.8 Å². The van der Waals surface area contributed by atoms with Crippen molar-refractivity contribution in [2.24, 2.45) is 0 Å². The number of nitrogens with zero attached hydrogens (tertiary/aromatic N) is 2. The summed E-state index contributed by atoms with van der Waals surface area (Å²) in [6.07, 6.45) is 0.493. The Balaban J connectivity index is 2.31. The highest BCUT2D eigenvalue weighted by atomic mass is 32.2. The van der Waals surface area contributed by atoms with E-state index in [9.17, 15) is 23.3 Å². The topological polar surface area (TPSA) is 110 Å². The molecule has 0 radical (unpaired) electrons. The first-order valence-corrected chi connectivity index (χ1v) is 9.67. The molecule has 1 aromatic carbocycles. The van der Waals surface area contributed by atoms with E-state index in [1.165, 1.54) is 19.1 Å². The number of carbonyl (C=O) groups excluding carboxylic acids is 1. The Morgan fingerprint density at radius 2 is 1.92 bits per heavy atom. The number of non-ortho nitro benzene ring substituents is 1. The number of benzene rings is 1. The maximum atomic E-state index is 12.3. The molecule has 1 aromatic rings. The first-order valence-electron chi connectivity index (χ1n) is 8.13. The molecule has 0 bridgehead atoms. The van der Waals surface area contributed by atoms with E-state index in [1.54, 1.807) is 30.9 Å². The van der Waals surface area contributed by atoms with Crippen molar-refractivity contribution in [2.45, 2.75) is 44.4 Å². The van der Waals surface area contributed by atoms with Crippen LogP contribution in [-0.4, -0.2) is 48.5 Å². The molecule has 0 aromatic heterocycles. The molecule has 1 fully saturated rings. The largest absolute Gasteiger partial charge is 0.342 e. The number of carbonyl (C=O) groups is 1. The molecule has 2 rings (SSSR count). The molecule has 1 heterocycles. The van der Waals surface area contributed by atoms with Gasteiger partial charge in [-0.15, -0.1) is 0 Å². The van der Waals surface area contributed by atoms with E-state index in [4.69, 9.17) is 0 Å². The van der Waals surface area contributed by atoms with Crippen LogP contribution >= 0.6 is 0 Å². The third-order valence-corrected chi connectivity index (χ3v) is 6.40. The molecule has 8 nitrogen and oxygen atoms in total. The summed E-state index contributed by atoms with van der Waals surface area (Å²) in [5, 5.41) is 10.3. The lowest BCUT2D eigenvalue weighted by Gasteiger charge is -2.39. The second kappa shape index (κ2) is 7.49. The molecule has 1 aliphatic heterocycles. The Hall–Kier alpha value is -2.00. The minimum Gasteiger partial charge on any atom is -0.342 e. The quantitative estimate of drug-likeness (QED) is 0.626. The van der Waals surface area contributed by atoms with Gasteiger partial charge in [-0.3, -0.25) is 14.9 Å². The highest BCUT2D eigenvalue weighted by molar-refractivity contribution is 7.90. The van der Waals surface area contributed by atoms with Crippen molar-refractivity contribution in [1.29, 1.82) is 0 Å². The van der Waals surface area contributed by atoms with Gasteiger partial charge in [-0.2, -0.15) is 0 Å². The molecule has 0 unspecified atom stereocenters. The number of nitro benzene ring substituents is 1. The van der Waals surface area contributed by atoms with Crippen LogP contribution in [0.5, 0.6) is 0 Å². The second-order valence-corrected chi connectivity index (χ2v) is 8.80. The summed E-state index contributed by atoms with van der Waals surface area (Å²) in [4.78, 5) is 23.7. The van der Waals surface area contributed by atoms with Crippen LogP contribution in [0, 0.1) is 10.1 Å². The van der Waals surface area contributed by atoms with E-state index in [-0.39, 0.29) is 23.6 Å². The SMILES string of the molecule is CC(=O)N1CC[C@H](NS(=O)(=O)C(C)C)[C@@H](c2ccc([N+](=O)[O-])cc2)C1. The lowest BCUT2D eigenvalue weighted by atomic mass is 9.86. The summed E-state index contributed by atoms with van der Waals surface area (Å²) in [6.45, 7) is 5.54. The van der Waals surface area contributed by atoms with Crippen LogP contribution in [0.2, 0.25) is 0 Å². The lowest BCUT2D eigenvalue weighted by Crippen LogP contribution is -2.51. The first kappa shape index (κ1) is 19.3. The van der Waals surface area contributed by atoms with Crippen molar-refractivity contribution in [2.75, 3.05) is 13.1 Å². The van der Waals surface area contributed by atoms with Crippen molar-refractivity contribution in [3.63, 3.8) is 0 Å². The van der Waals surface area contributed by atoms with Gasteiger partial charge < -0.3 is 4.90 Å². The molecule has 1 saturated heterocycles. The predicted octanol–water partition coefficient (Wildman–Crippen LogP) is 1.63. The standard InChI is InChI=1S/C16H23N3O5S/c1-11(2)25(23,24)17-16-8-9-18(12(3)20)10-15(16)13-4-6-14(7-5-13)19(21)22/h4-7,11,15-17H,8-10H2,1-3H3/t15-,16+/m1/s1. The van der Waals surface area contributed by atoms with Gasteiger partial charge in [-0.1, -0.05) is 12.1 Å². The normalized spacial score (nSPS) is 21.4. The van der Waals surface area contributed by atoms with Gasteiger partial charge in [0.15, 0.2) is 0 Å². The summed E-state index contributed by atoms with van der Waals surface area (Å²) in [5.41, 5.74) is 0.746. The lowest BCUT2D eigenvalue weighted by molar-refractivity contribution is -0.384. The minimum atomic E-state index is -3.46. The van der Waals surface area contributed by atoms with Crippen LogP contribution in [0.15, 0.2) is 24.3 Å². The molecule has 138 valence electrons. The Labute approximate surface area is 147 Å². The fraction of sp³-hybridized carbons (Fsp3) is 0.562. The fourth-order valence-electron chi connectivity index (χ4n) is 2.91. The van der Waals surface area contributed by atoms with E-state index in [0.717, 1.165) is 5.56 Å². The average Bonchev–Trinajstić information content (AvgIpc) is 2.54. The van der Waals surface area contributed by atoms with E-state index in [2.05, 4.69) is 4.72 Å². The zero-order valence-electron chi connectivity index (χ0n) is 14.5. The number of nitrogens with one attached hydrogen (secondary N) is 1. The Morgan fingerprint density at radius 3 is 2.40 bits per heavy atom. The maximum Gasteiger partial charge on any atom is 0.269 e. The molecular weight excluding hydrogens is 346 g/mol. The van der Waals surface area contributed by atoms with Crippen molar-refractivity contribution in [3.8, 4) is 0 Å². The molecule has 9 heteroatoms. The van der Waals surface area contributed by atoms with E-state index >= 15 is 0 Å². The van der Waals surface area contributed by atoms with Crippen molar-refractivity contribution in [1.82, 2.24) is 9.62 Å². The van der Waals surface area contributed by atoms with Gasteiger partial charge in [0.1, 0.15) is 0 Å². The van der Waals surface area contributed by atoms with Gasteiger partial charge in [0, 0.05) is 44.1 Å². The van der Waals surface area contributed by atoms with E-state index in [0.29, 0.717) is 19.5 Å². The zero-order chi connectivity index (χ0) is 18.8. The fourth-order valence-corrected chi connectivity index (χ4v) is 3.88. The summed E-state index contributed by atoms with van der Waals surface area (Å²) in [5.74, 6) is -0.330. The number of nitro groups is 1. The number of hydrogen-bond donors (Lipinski definition) is 1.